The van der Waals surface area contributed by atoms with E-state index in [2.05, 4.69) is 16.0 Å². The van der Waals surface area contributed by atoms with E-state index in [-0.39, 0.29) is 12.7 Å². The van der Waals surface area contributed by atoms with Gasteiger partial charge in [0.05, 0.1) is 24.3 Å². The monoisotopic (exact) mass is 565 g/mol. The topological polar surface area (TPSA) is 115 Å². The molecule has 0 aliphatic heterocycles. The highest BCUT2D eigenvalue weighted by Crippen LogP contribution is 2.36. The Labute approximate surface area is 218 Å². The number of benzene rings is 2. The third-order valence-corrected chi connectivity index (χ3v) is 4.88. The van der Waals surface area contributed by atoms with Gasteiger partial charge in [-0.05, 0) is 29.3 Å². The van der Waals surface area contributed by atoms with Crippen molar-refractivity contribution in [1.82, 2.24) is 16.0 Å². The van der Waals surface area contributed by atoms with E-state index in [0.717, 1.165) is 5.56 Å². The minimum atomic E-state index is -5.02. The van der Waals surface area contributed by atoms with E-state index in [1.807, 2.05) is 0 Å². The molecule has 3 N–H and O–H groups in total. The zero-order valence-electron chi connectivity index (χ0n) is 20.4. The maximum absolute atomic E-state index is 13.0. The molecular weight excluding hydrogens is 540 g/mol. The smallest absolute Gasteiger partial charge is 0.416 e. The van der Waals surface area contributed by atoms with Crippen LogP contribution in [-0.4, -0.2) is 50.9 Å². The second-order valence-electron chi connectivity index (χ2n) is 7.86. The van der Waals surface area contributed by atoms with Crippen LogP contribution in [0, 0.1) is 0 Å². The van der Waals surface area contributed by atoms with Crippen molar-refractivity contribution in [2.24, 2.45) is 0 Å². The summed E-state index contributed by atoms with van der Waals surface area (Å²) in [6.07, 6.45) is -12.3. The molecular formula is C24H25F6N3O6. The molecule has 0 spiro atoms. The fourth-order valence-electron chi connectivity index (χ4n) is 2.96. The molecule has 0 fully saturated rings. The van der Waals surface area contributed by atoms with Gasteiger partial charge in [0, 0.05) is 7.05 Å². The van der Waals surface area contributed by atoms with Gasteiger partial charge in [-0.3, -0.25) is 9.59 Å². The van der Waals surface area contributed by atoms with Crippen LogP contribution in [-0.2, 0) is 49.4 Å². The molecule has 9 nitrogen and oxygen atoms in total. The normalized spacial score (nSPS) is 12.4. The highest BCUT2D eigenvalue weighted by Gasteiger charge is 2.37. The molecule has 214 valence electrons. The van der Waals surface area contributed by atoms with Gasteiger partial charge >= 0.3 is 18.4 Å². The number of amides is 3. The van der Waals surface area contributed by atoms with Crippen LogP contribution in [0.5, 0.6) is 0 Å². The molecule has 0 aliphatic carbocycles. The lowest BCUT2D eigenvalue weighted by Gasteiger charge is -2.18. The Morgan fingerprint density at radius 1 is 0.846 bits per heavy atom. The van der Waals surface area contributed by atoms with Gasteiger partial charge in [0.15, 0.2) is 6.10 Å². The fourth-order valence-corrected chi connectivity index (χ4v) is 2.96. The molecule has 0 aromatic heterocycles. The minimum absolute atomic E-state index is 0.0107. The summed E-state index contributed by atoms with van der Waals surface area (Å²) in [5, 5.41) is 6.72. The zero-order valence-corrected chi connectivity index (χ0v) is 20.4. The fraction of sp³-hybridized carbons (Fsp3) is 0.375. The summed E-state index contributed by atoms with van der Waals surface area (Å²) in [7, 11) is 1.25. The van der Waals surface area contributed by atoms with Gasteiger partial charge in [0.1, 0.15) is 19.9 Å². The molecule has 2 aromatic rings. The summed E-state index contributed by atoms with van der Waals surface area (Å²) in [6, 6.07) is 9.78. The second kappa shape index (κ2) is 14.3. The van der Waals surface area contributed by atoms with Crippen LogP contribution in [0.2, 0.25) is 0 Å². The van der Waals surface area contributed by atoms with Crippen LogP contribution in [0.15, 0.2) is 48.5 Å². The SMILES string of the molecule is CNC(=O)[C@@H](COCc1cc(C(F)(F)F)cc(C(F)(F)F)c1)OCNC(=O)CNC(=O)OCc1ccccc1. The number of rotatable bonds is 12. The molecule has 0 radical (unpaired) electrons. The third kappa shape index (κ3) is 11.2. The van der Waals surface area contributed by atoms with Crippen LogP contribution in [0.25, 0.3) is 0 Å². The van der Waals surface area contributed by atoms with E-state index < -0.39 is 79.5 Å². The molecule has 39 heavy (non-hydrogen) atoms. The molecule has 0 unspecified atom stereocenters. The first kappa shape index (κ1) is 31.4. The Bertz CT molecular complexity index is 1080. The first-order valence-corrected chi connectivity index (χ1v) is 11.2. The van der Waals surface area contributed by atoms with Crippen LogP contribution in [0.4, 0.5) is 31.1 Å². The number of carbonyl (C=O) groups is 3. The molecule has 0 heterocycles. The van der Waals surface area contributed by atoms with E-state index in [9.17, 15) is 40.7 Å². The van der Waals surface area contributed by atoms with Gasteiger partial charge in [-0.25, -0.2) is 4.79 Å². The van der Waals surface area contributed by atoms with Gasteiger partial charge < -0.3 is 30.2 Å². The maximum atomic E-state index is 13.0. The van der Waals surface area contributed by atoms with Crippen molar-refractivity contribution < 1.29 is 54.9 Å². The summed E-state index contributed by atoms with van der Waals surface area (Å²) >= 11 is 0. The van der Waals surface area contributed by atoms with Gasteiger partial charge in [-0.15, -0.1) is 0 Å². The van der Waals surface area contributed by atoms with Crippen molar-refractivity contribution in [3.8, 4) is 0 Å². The van der Waals surface area contributed by atoms with E-state index in [4.69, 9.17) is 14.2 Å². The Kier molecular flexibility index (Phi) is 11.5. The molecule has 15 heteroatoms. The lowest BCUT2D eigenvalue weighted by Crippen LogP contribution is -2.42. The molecule has 2 aromatic carbocycles. The largest absolute Gasteiger partial charge is 0.445 e. The van der Waals surface area contributed by atoms with E-state index in [0.29, 0.717) is 12.1 Å². The number of nitrogens with one attached hydrogen (secondary N) is 3. The number of carbonyl (C=O) groups excluding carboxylic acids is 3. The molecule has 0 saturated carbocycles. The summed E-state index contributed by atoms with van der Waals surface area (Å²) in [5.41, 5.74) is -2.70. The lowest BCUT2D eigenvalue weighted by molar-refractivity contribution is -0.143. The lowest BCUT2D eigenvalue weighted by atomic mass is 10.1. The highest BCUT2D eigenvalue weighted by atomic mass is 19.4. The van der Waals surface area contributed by atoms with Crippen LogP contribution >= 0.6 is 0 Å². The van der Waals surface area contributed by atoms with E-state index >= 15 is 0 Å². The summed E-state index contributed by atoms with van der Waals surface area (Å²) in [6.45, 7) is -2.26. The predicted octanol–water partition coefficient (Wildman–Crippen LogP) is 3.37. The van der Waals surface area contributed by atoms with Crippen molar-refractivity contribution in [2.45, 2.75) is 31.7 Å². The summed E-state index contributed by atoms with van der Waals surface area (Å²) in [5.74, 6) is -1.43. The van der Waals surface area contributed by atoms with Crippen LogP contribution in [0.3, 0.4) is 0 Å². The first-order valence-electron chi connectivity index (χ1n) is 11.2. The zero-order chi connectivity index (χ0) is 29.1. The highest BCUT2D eigenvalue weighted by molar-refractivity contribution is 5.82. The van der Waals surface area contributed by atoms with Gasteiger partial charge in [-0.2, -0.15) is 26.3 Å². The second-order valence-corrected chi connectivity index (χ2v) is 7.86. The Morgan fingerprint density at radius 2 is 1.46 bits per heavy atom. The molecule has 3 amide bonds. The number of ether oxygens (including phenoxy) is 3. The van der Waals surface area contributed by atoms with Crippen molar-refractivity contribution in [2.75, 3.05) is 26.9 Å². The quantitative estimate of drug-likeness (QED) is 0.269. The van der Waals surface area contributed by atoms with Crippen molar-refractivity contribution >= 4 is 17.9 Å². The number of likely N-dealkylation sites (N-methyl/N-ethyl adjacent to an activating group) is 1. The van der Waals surface area contributed by atoms with Gasteiger partial charge in [-0.1, -0.05) is 30.3 Å². The van der Waals surface area contributed by atoms with Crippen LogP contribution in [0.1, 0.15) is 22.3 Å². The number of alkyl halides is 6. The van der Waals surface area contributed by atoms with E-state index in [1.54, 1.807) is 30.3 Å². The summed E-state index contributed by atoms with van der Waals surface area (Å²) < 4.78 is 93.3. The molecule has 0 saturated heterocycles. The number of alkyl carbamates (subject to hydrolysis) is 1. The Balaban J connectivity index is 1.82. The molecule has 1 atom stereocenters. The average molecular weight is 565 g/mol. The maximum Gasteiger partial charge on any atom is 0.416 e. The predicted molar refractivity (Wildman–Crippen MR) is 123 cm³/mol. The molecule has 0 aliphatic rings. The first-order chi connectivity index (χ1) is 18.3. The third-order valence-electron chi connectivity index (χ3n) is 4.88. The van der Waals surface area contributed by atoms with Crippen molar-refractivity contribution in [3.63, 3.8) is 0 Å². The Hall–Kier alpha value is -3.85. The van der Waals surface area contributed by atoms with Crippen molar-refractivity contribution in [1.29, 1.82) is 0 Å². The minimum Gasteiger partial charge on any atom is -0.445 e. The number of hydrogen-bond acceptors (Lipinski definition) is 6. The molecule has 0 bridgehead atoms. The average Bonchev–Trinajstić information content (AvgIpc) is 2.88. The standard InChI is InChI=1S/C24H25F6N3O6/c1-31-21(35)19(13-37-11-16-7-17(23(25,26)27)9-18(8-16)24(28,29)30)39-14-33-20(34)10-32-22(36)38-12-15-5-3-2-4-6-15/h2-9,19H,10-14H2,1H3,(H,31,35)(H,32,36)(H,33,34)/t19-/m1/s1. The Morgan fingerprint density at radius 3 is 2.03 bits per heavy atom. The number of halogens is 6. The van der Waals surface area contributed by atoms with Crippen LogP contribution < -0.4 is 16.0 Å². The molecule has 2 rings (SSSR count). The van der Waals surface area contributed by atoms with Gasteiger partial charge in [0.2, 0.25) is 5.91 Å². The van der Waals surface area contributed by atoms with E-state index in [1.165, 1.54) is 7.05 Å². The summed E-state index contributed by atoms with van der Waals surface area (Å²) in [4.78, 5) is 35.6. The van der Waals surface area contributed by atoms with Gasteiger partial charge in [0.25, 0.3) is 5.91 Å². The van der Waals surface area contributed by atoms with Crippen molar-refractivity contribution in [3.05, 3.63) is 70.8 Å². The number of hydrogen-bond donors (Lipinski definition) is 3.